The highest BCUT2D eigenvalue weighted by molar-refractivity contribution is 5.96. The van der Waals surface area contributed by atoms with Crippen molar-refractivity contribution < 1.29 is 9.59 Å². The standard InChI is InChI=1S/C20H28N4O2/c1-2-10-24-11-9-16-12-17(7-8-18(16)24)23-19(25)14-22-20(26)21-13-15-5-3-4-6-15/h7-9,11-12,15H,2-6,10,13-14H2,1H3,(H,23,25)(H2,21,22,26). The Bertz CT molecular complexity index is 762. The van der Waals surface area contributed by atoms with Crippen LogP contribution in [0.2, 0.25) is 0 Å². The summed E-state index contributed by atoms with van der Waals surface area (Å²) < 4.78 is 2.21. The van der Waals surface area contributed by atoms with E-state index in [1.165, 1.54) is 25.7 Å². The van der Waals surface area contributed by atoms with Crippen LogP contribution in [-0.4, -0.2) is 29.6 Å². The highest BCUT2D eigenvalue weighted by Crippen LogP contribution is 2.23. The zero-order valence-corrected chi connectivity index (χ0v) is 15.4. The summed E-state index contributed by atoms with van der Waals surface area (Å²) in [7, 11) is 0. The van der Waals surface area contributed by atoms with Gasteiger partial charge in [0, 0.05) is 35.9 Å². The van der Waals surface area contributed by atoms with E-state index in [1.807, 2.05) is 18.2 Å². The molecule has 3 N–H and O–H groups in total. The lowest BCUT2D eigenvalue weighted by molar-refractivity contribution is -0.115. The molecule has 0 unspecified atom stereocenters. The van der Waals surface area contributed by atoms with Crippen molar-refractivity contribution in [2.24, 2.45) is 5.92 Å². The maximum atomic E-state index is 12.1. The van der Waals surface area contributed by atoms with Gasteiger partial charge in [0.15, 0.2) is 0 Å². The molecule has 0 bridgehead atoms. The summed E-state index contributed by atoms with van der Waals surface area (Å²) >= 11 is 0. The SMILES string of the molecule is CCCn1ccc2cc(NC(=O)CNC(=O)NCC3CCCC3)ccc21. The number of anilines is 1. The minimum absolute atomic E-state index is 0.0363. The van der Waals surface area contributed by atoms with Gasteiger partial charge in [0.25, 0.3) is 0 Å². The summed E-state index contributed by atoms with van der Waals surface area (Å²) in [5, 5.41) is 9.40. The van der Waals surface area contributed by atoms with Crippen molar-refractivity contribution >= 4 is 28.5 Å². The maximum Gasteiger partial charge on any atom is 0.315 e. The fourth-order valence-electron chi connectivity index (χ4n) is 3.59. The molecule has 1 aromatic carbocycles. The van der Waals surface area contributed by atoms with E-state index in [1.54, 1.807) is 0 Å². The van der Waals surface area contributed by atoms with Gasteiger partial charge in [0.2, 0.25) is 5.91 Å². The van der Waals surface area contributed by atoms with Crippen molar-refractivity contribution in [1.82, 2.24) is 15.2 Å². The summed E-state index contributed by atoms with van der Waals surface area (Å²) in [5.41, 5.74) is 1.90. The van der Waals surface area contributed by atoms with Crippen molar-refractivity contribution in [3.63, 3.8) is 0 Å². The van der Waals surface area contributed by atoms with Gasteiger partial charge in [-0.05, 0) is 49.4 Å². The third-order valence-electron chi connectivity index (χ3n) is 4.95. The van der Waals surface area contributed by atoms with Gasteiger partial charge in [-0.25, -0.2) is 4.79 Å². The molecule has 0 saturated heterocycles. The number of aromatic nitrogens is 1. The highest BCUT2D eigenvalue weighted by atomic mass is 16.2. The van der Waals surface area contributed by atoms with Crippen LogP contribution in [0.5, 0.6) is 0 Å². The predicted octanol–water partition coefficient (Wildman–Crippen LogP) is 3.48. The molecule has 3 amide bonds. The molecule has 1 aromatic heterocycles. The molecule has 140 valence electrons. The van der Waals surface area contributed by atoms with Gasteiger partial charge >= 0.3 is 6.03 Å². The predicted molar refractivity (Wildman–Crippen MR) is 104 cm³/mol. The second-order valence-electron chi connectivity index (χ2n) is 7.04. The minimum atomic E-state index is -0.279. The van der Waals surface area contributed by atoms with Crippen molar-refractivity contribution in [3.05, 3.63) is 30.5 Å². The molecule has 6 heteroatoms. The first-order valence-electron chi connectivity index (χ1n) is 9.56. The van der Waals surface area contributed by atoms with Crippen molar-refractivity contribution in [1.29, 1.82) is 0 Å². The Balaban J connectivity index is 1.45. The topological polar surface area (TPSA) is 75.2 Å². The number of hydrogen-bond acceptors (Lipinski definition) is 2. The first kappa shape index (κ1) is 18.3. The van der Waals surface area contributed by atoms with E-state index in [9.17, 15) is 9.59 Å². The van der Waals surface area contributed by atoms with Gasteiger partial charge in [-0.2, -0.15) is 0 Å². The third-order valence-corrected chi connectivity index (χ3v) is 4.95. The third kappa shape index (κ3) is 4.77. The number of carbonyl (C=O) groups excluding carboxylic acids is 2. The Morgan fingerprint density at radius 3 is 2.73 bits per heavy atom. The number of carbonyl (C=O) groups is 2. The second kappa shape index (κ2) is 8.74. The van der Waals surface area contributed by atoms with E-state index in [2.05, 4.69) is 39.7 Å². The lowest BCUT2D eigenvalue weighted by Crippen LogP contribution is -2.41. The van der Waals surface area contributed by atoms with Crippen LogP contribution < -0.4 is 16.0 Å². The zero-order valence-electron chi connectivity index (χ0n) is 15.4. The molecule has 0 atom stereocenters. The first-order chi connectivity index (χ1) is 12.7. The maximum absolute atomic E-state index is 12.1. The zero-order chi connectivity index (χ0) is 18.4. The normalized spacial score (nSPS) is 14.5. The van der Waals surface area contributed by atoms with E-state index in [0.29, 0.717) is 12.5 Å². The van der Waals surface area contributed by atoms with Crippen LogP contribution in [0.15, 0.2) is 30.5 Å². The molecule has 0 aliphatic heterocycles. The van der Waals surface area contributed by atoms with Crippen molar-refractivity contribution in [2.45, 2.75) is 45.6 Å². The molecular weight excluding hydrogens is 328 g/mol. The number of nitrogens with zero attached hydrogens (tertiary/aromatic N) is 1. The van der Waals surface area contributed by atoms with Gasteiger partial charge in [-0.15, -0.1) is 0 Å². The fourth-order valence-corrected chi connectivity index (χ4v) is 3.59. The first-order valence-corrected chi connectivity index (χ1v) is 9.56. The summed E-state index contributed by atoms with van der Waals surface area (Å²) in [6, 6.07) is 7.64. The molecule has 3 rings (SSSR count). The number of hydrogen-bond donors (Lipinski definition) is 3. The summed E-state index contributed by atoms with van der Waals surface area (Å²) in [6.45, 7) is 3.79. The number of fused-ring (bicyclic) bond motifs is 1. The molecule has 1 aliphatic carbocycles. The van der Waals surface area contributed by atoms with Crippen LogP contribution in [0.25, 0.3) is 10.9 Å². The molecule has 2 aromatic rings. The van der Waals surface area contributed by atoms with E-state index >= 15 is 0 Å². The summed E-state index contributed by atoms with van der Waals surface area (Å²) in [4.78, 5) is 23.9. The van der Waals surface area contributed by atoms with Crippen LogP contribution >= 0.6 is 0 Å². The van der Waals surface area contributed by atoms with Crippen LogP contribution in [0.1, 0.15) is 39.0 Å². The van der Waals surface area contributed by atoms with E-state index in [4.69, 9.17) is 0 Å². The van der Waals surface area contributed by atoms with Crippen LogP contribution in [0, 0.1) is 5.92 Å². The molecule has 1 fully saturated rings. The lowest BCUT2D eigenvalue weighted by atomic mass is 10.1. The molecule has 1 aliphatic rings. The quantitative estimate of drug-likeness (QED) is 0.710. The van der Waals surface area contributed by atoms with E-state index < -0.39 is 0 Å². The number of urea groups is 1. The van der Waals surface area contributed by atoms with Crippen LogP contribution in [0.3, 0.4) is 0 Å². The van der Waals surface area contributed by atoms with Gasteiger partial charge in [-0.1, -0.05) is 19.8 Å². The summed E-state index contributed by atoms with van der Waals surface area (Å²) in [6.07, 6.45) is 8.02. The highest BCUT2D eigenvalue weighted by Gasteiger charge is 2.15. The largest absolute Gasteiger partial charge is 0.347 e. The van der Waals surface area contributed by atoms with Crippen molar-refractivity contribution in [2.75, 3.05) is 18.4 Å². The molecular formula is C20H28N4O2. The number of nitrogens with one attached hydrogen (secondary N) is 3. The van der Waals surface area contributed by atoms with Gasteiger partial charge in [0.1, 0.15) is 0 Å². The molecule has 1 heterocycles. The molecule has 0 radical (unpaired) electrons. The molecule has 1 saturated carbocycles. The van der Waals surface area contributed by atoms with Gasteiger partial charge < -0.3 is 20.5 Å². The van der Waals surface area contributed by atoms with Gasteiger partial charge in [0.05, 0.1) is 6.54 Å². The van der Waals surface area contributed by atoms with Crippen LogP contribution in [0.4, 0.5) is 10.5 Å². The van der Waals surface area contributed by atoms with Crippen LogP contribution in [-0.2, 0) is 11.3 Å². The summed E-state index contributed by atoms with van der Waals surface area (Å²) in [5.74, 6) is 0.356. The molecule has 26 heavy (non-hydrogen) atoms. The lowest BCUT2D eigenvalue weighted by Gasteiger charge is -2.12. The number of rotatable bonds is 7. The Kier molecular flexibility index (Phi) is 6.15. The fraction of sp³-hybridized carbons (Fsp3) is 0.500. The minimum Gasteiger partial charge on any atom is -0.347 e. The number of benzene rings is 1. The average molecular weight is 356 g/mol. The molecule has 6 nitrogen and oxygen atoms in total. The van der Waals surface area contributed by atoms with Gasteiger partial charge in [-0.3, -0.25) is 4.79 Å². The molecule has 0 spiro atoms. The number of aryl methyl sites for hydroxylation is 1. The Labute approximate surface area is 154 Å². The smallest absolute Gasteiger partial charge is 0.315 e. The van der Waals surface area contributed by atoms with Crippen molar-refractivity contribution in [3.8, 4) is 0 Å². The Morgan fingerprint density at radius 2 is 1.96 bits per heavy atom. The second-order valence-corrected chi connectivity index (χ2v) is 7.04. The average Bonchev–Trinajstić information content (AvgIpc) is 3.28. The Morgan fingerprint density at radius 1 is 1.15 bits per heavy atom. The monoisotopic (exact) mass is 356 g/mol. The Hall–Kier alpha value is -2.50. The van der Waals surface area contributed by atoms with E-state index in [-0.39, 0.29) is 18.5 Å². The van der Waals surface area contributed by atoms with E-state index in [0.717, 1.165) is 29.6 Å². The number of amides is 3.